The van der Waals surface area contributed by atoms with Crippen LogP contribution in [0.3, 0.4) is 0 Å². The molecule has 0 amide bonds. The molecule has 0 saturated carbocycles. The molecule has 0 saturated heterocycles. The van der Waals surface area contributed by atoms with Crippen LogP contribution in [0.5, 0.6) is 0 Å². The fourth-order valence-corrected chi connectivity index (χ4v) is 2.09. The standard InChI is InChI=1S/C12H13ClN4O/c1-2-9-5-10(13)3-4-11(9)12(16-18)6-17-8-14-7-15-17/h3-5,7-8,12H,2,6H2,1H3. The zero-order valence-corrected chi connectivity index (χ0v) is 10.7. The van der Waals surface area contributed by atoms with Gasteiger partial charge in [0, 0.05) is 5.02 Å². The Morgan fingerprint density at radius 2 is 2.33 bits per heavy atom. The van der Waals surface area contributed by atoms with Crippen LogP contribution in [-0.4, -0.2) is 14.8 Å². The average Bonchev–Trinajstić information content (AvgIpc) is 2.89. The Morgan fingerprint density at radius 3 is 2.94 bits per heavy atom. The molecular weight excluding hydrogens is 252 g/mol. The van der Waals surface area contributed by atoms with E-state index in [9.17, 15) is 4.91 Å². The molecule has 18 heavy (non-hydrogen) atoms. The smallest absolute Gasteiger partial charge is 0.137 e. The van der Waals surface area contributed by atoms with Gasteiger partial charge in [-0.3, -0.25) is 4.68 Å². The molecule has 1 aromatic carbocycles. The number of benzene rings is 1. The number of halogens is 1. The van der Waals surface area contributed by atoms with E-state index in [4.69, 9.17) is 11.6 Å². The van der Waals surface area contributed by atoms with Crippen LogP contribution in [0.2, 0.25) is 5.02 Å². The third-order valence-corrected chi connectivity index (χ3v) is 3.03. The van der Waals surface area contributed by atoms with Crippen molar-refractivity contribution in [1.29, 1.82) is 0 Å². The molecule has 1 aromatic heterocycles. The van der Waals surface area contributed by atoms with Gasteiger partial charge in [-0.25, -0.2) is 4.98 Å². The summed E-state index contributed by atoms with van der Waals surface area (Å²) >= 11 is 5.95. The highest BCUT2D eigenvalue weighted by Crippen LogP contribution is 2.26. The van der Waals surface area contributed by atoms with Crippen LogP contribution in [-0.2, 0) is 13.0 Å². The van der Waals surface area contributed by atoms with Crippen molar-refractivity contribution in [2.45, 2.75) is 25.9 Å². The number of hydrogen-bond donors (Lipinski definition) is 0. The predicted octanol–water partition coefficient (Wildman–Crippen LogP) is 3.00. The minimum absolute atomic E-state index is 0.387. The second-order valence-corrected chi connectivity index (χ2v) is 4.37. The monoisotopic (exact) mass is 264 g/mol. The molecule has 0 fully saturated rings. The number of aromatic nitrogens is 3. The van der Waals surface area contributed by atoms with E-state index in [-0.39, 0.29) is 0 Å². The largest absolute Gasteiger partial charge is 0.250 e. The molecule has 0 aliphatic heterocycles. The molecular formula is C12H13ClN4O. The maximum atomic E-state index is 11.0. The highest BCUT2D eigenvalue weighted by atomic mass is 35.5. The maximum Gasteiger partial charge on any atom is 0.137 e. The Hall–Kier alpha value is -1.75. The summed E-state index contributed by atoms with van der Waals surface area (Å²) in [4.78, 5) is 14.9. The van der Waals surface area contributed by atoms with Crippen LogP contribution < -0.4 is 0 Å². The van der Waals surface area contributed by atoms with E-state index >= 15 is 0 Å². The van der Waals surface area contributed by atoms with Gasteiger partial charge in [-0.1, -0.05) is 29.8 Å². The van der Waals surface area contributed by atoms with Gasteiger partial charge in [-0.15, -0.1) is 0 Å². The lowest BCUT2D eigenvalue weighted by Gasteiger charge is -2.13. The lowest BCUT2D eigenvalue weighted by atomic mass is 9.99. The Morgan fingerprint density at radius 1 is 1.50 bits per heavy atom. The molecule has 5 nitrogen and oxygen atoms in total. The van der Waals surface area contributed by atoms with E-state index in [1.807, 2.05) is 19.1 Å². The number of rotatable bonds is 5. The van der Waals surface area contributed by atoms with Gasteiger partial charge in [0.1, 0.15) is 18.7 Å². The third kappa shape index (κ3) is 2.73. The van der Waals surface area contributed by atoms with E-state index in [1.165, 1.54) is 6.33 Å². The maximum absolute atomic E-state index is 11.0. The van der Waals surface area contributed by atoms with Gasteiger partial charge in [0.25, 0.3) is 0 Å². The van der Waals surface area contributed by atoms with E-state index in [1.54, 1.807) is 17.1 Å². The van der Waals surface area contributed by atoms with Gasteiger partial charge >= 0.3 is 0 Å². The van der Waals surface area contributed by atoms with Crippen LogP contribution >= 0.6 is 11.6 Å². The second kappa shape index (κ2) is 5.73. The van der Waals surface area contributed by atoms with Crippen LogP contribution in [0.4, 0.5) is 0 Å². The first kappa shape index (κ1) is 12.7. The SMILES string of the molecule is CCc1cc(Cl)ccc1C(Cn1cncn1)N=O. The molecule has 94 valence electrons. The summed E-state index contributed by atoms with van der Waals surface area (Å²) in [5.74, 6) is 0. The molecule has 0 N–H and O–H groups in total. The van der Waals surface area contributed by atoms with Crippen molar-refractivity contribution in [2.75, 3.05) is 0 Å². The van der Waals surface area contributed by atoms with Gasteiger partial charge < -0.3 is 0 Å². The van der Waals surface area contributed by atoms with Crippen molar-refractivity contribution >= 4 is 11.6 Å². The van der Waals surface area contributed by atoms with Gasteiger partial charge in [0.2, 0.25) is 0 Å². The molecule has 0 spiro atoms. The van der Waals surface area contributed by atoms with E-state index < -0.39 is 6.04 Å². The van der Waals surface area contributed by atoms with E-state index in [0.717, 1.165) is 17.5 Å². The van der Waals surface area contributed by atoms with Crippen molar-refractivity contribution in [3.05, 3.63) is 51.9 Å². The van der Waals surface area contributed by atoms with Crippen molar-refractivity contribution in [3.63, 3.8) is 0 Å². The summed E-state index contributed by atoms with van der Waals surface area (Å²) in [6.07, 6.45) is 3.81. The van der Waals surface area contributed by atoms with Gasteiger partial charge in [0.05, 0.1) is 6.54 Å². The lowest BCUT2D eigenvalue weighted by molar-refractivity contribution is 0.523. The summed E-state index contributed by atoms with van der Waals surface area (Å²) in [6.45, 7) is 2.41. The fraction of sp³-hybridized carbons (Fsp3) is 0.333. The molecule has 1 unspecified atom stereocenters. The summed E-state index contributed by atoms with van der Waals surface area (Å²) in [7, 11) is 0. The summed E-state index contributed by atoms with van der Waals surface area (Å²) in [6, 6.07) is 5.02. The van der Waals surface area contributed by atoms with Crippen molar-refractivity contribution in [2.24, 2.45) is 5.18 Å². The zero-order valence-electron chi connectivity index (χ0n) is 9.95. The molecule has 6 heteroatoms. The topological polar surface area (TPSA) is 60.1 Å². The van der Waals surface area contributed by atoms with Crippen molar-refractivity contribution in [1.82, 2.24) is 14.8 Å². The molecule has 0 bridgehead atoms. The fourth-order valence-electron chi connectivity index (χ4n) is 1.90. The van der Waals surface area contributed by atoms with E-state index in [2.05, 4.69) is 15.3 Å². The molecule has 2 aromatic rings. The van der Waals surface area contributed by atoms with Gasteiger partial charge in [-0.2, -0.15) is 10.0 Å². The Bertz CT molecular complexity index is 527. The normalized spacial score (nSPS) is 12.3. The van der Waals surface area contributed by atoms with Crippen molar-refractivity contribution in [3.8, 4) is 0 Å². The first-order valence-electron chi connectivity index (χ1n) is 5.67. The summed E-state index contributed by atoms with van der Waals surface area (Å²) in [5, 5.41) is 7.84. The van der Waals surface area contributed by atoms with Crippen LogP contribution in [0.25, 0.3) is 0 Å². The first-order valence-corrected chi connectivity index (χ1v) is 6.05. The third-order valence-electron chi connectivity index (χ3n) is 2.80. The van der Waals surface area contributed by atoms with Crippen LogP contribution in [0.15, 0.2) is 36.0 Å². The molecule has 0 aliphatic carbocycles. The summed E-state index contributed by atoms with van der Waals surface area (Å²) < 4.78 is 1.60. The molecule has 2 rings (SSSR count). The quantitative estimate of drug-likeness (QED) is 0.780. The number of aryl methyl sites for hydroxylation is 1. The Labute approximate surface area is 110 Å². The molecule has 1 heterocycles. The minimum Gasteiger partial charge on any atom is -0.250 e. The number of nitrogens with zero attached hydrogens (tertiary/aromatic N) is 4. The number of nitroso groups, excluding NO2 is 1. The minimum atomic E-state index is -0.473. The second-order valence-electron chi connectivity index (χ2n) is 3.94. The molecule has 1 atom stereocenters. The highest BCUT2D eigenvalue weighted by Gasteiger charge is 2.16. The Balaban J connectivity index is 2.29. The first-order chi connectivity index (χ1) is 8.74. The van der Waals surface area contributed by atoms with Gasteiger partial charge in [0.15, 0.2) is 0 Å². The highest BCUT2D eigenvalue weighted by molar-refractivity contribution is 6.30. The van der Waals surface area contributed by atoms with E-state index in [0.29, 0.717) is 11.6 Å². The molecule has 0 radical (unpaired) electrons. The lowest BCUT2D eigenvalue weighted by Crippen LogP contribution is -2.09. The van der Waals surface area contributed by atoms with Crippen molar-refractivity contribution < 1.29 is 0 Å². The summed E-state index contributed by atoms with van der Waals surface area (Å²) in [5.41, 5.74) is 1.93. The molecule has 0 aliphatic rings. The van der Waals surface area contributed by atoms with Gasteiger partial charge in [-0.05, 0) is 29.7 Å². The van der Waals surface area contributed by atoms with Crippen LogP contribution in [0, 0.1) is 4.91 Å². The van der Waals surface area contributed by atoms with Crippen LogP contribution in [0.1, 0.15) is 24.1 Å². The number of hydrogen-bond acceptors (Lipinski definition) is 4. The zero-order chi connectivity index (χ0) is 13.0. The predicted molar refractivity (Wildman–Crippen MR) is 69.4 cm³/mol. The average molecular weight is 265 g/mol. The Kier molecular flexibility index (Phi) is 4.04.